The van der Waals surface area contributed by atoms with Gasteiger partial charge in [-0.2, -0.15) is 0 Å². The van der Waals surface area contributed by atoms with Crippen LogP contribution in [0.15, 0.2) is 22.5 Å². The van der Waals surface area contributed by atoms with Crippen LogP contribution in [0.3, 0.4) is 0 Å². The summed E-state index contributed by atoms with van der Waals surface area (Å²) in [4.78, 5) is 36.1. The Hall–Kier alpha value is -1.49. The SMILES string of the molecule is CCNC(=NCc1csc(C(C)C)n1)NCCN1C(=O)C2C3C=CC(C3)C2C1=O.I. The van der Waals surface area contributed by atoms with Crippen LogP contribution in [-0.2, 0) is 16.1 Å². The van der Waals surface area contributed by atoms with Gasteiger partial charge in [-0.1, -0.05) is 26.0 Å². The van der Waals surface area contributed by atoms with E-state index >= 15 is 0 Å². The molecule has 9 heteroatoms. The van der Waals surface area contributed by atoms with Gasteiger partial charge in [0.1, 0.15) is 0 Å². The average Bonchev–Trinajstić information content (AvgIpc) is 3.46. The molecule has 4 atom stereocenters. The maximum atomic E-state index is 12.7. The number of halogens is 1. The van der Waals surface area contributed by atoms with Crippen molar-refractivity contribution in [2.75, 3.05) is 19.6 Å². The number of thiazole rings is 1. The van der Waals surface area contributed by atoms with Gasteiger partial charge in [0.25, 0.3) is 0 Å². The van der Waals surface area contributed by atoms with Gasteiger partial charge in [0, 0.05) is 30.9 Å². The number of fused-ring (bicyclic) bond motifs is 5. The number of carbonyl (C=O) groups is 2. The molecule has 4 unspecified atom stereocenters. The number of guanidine groups is 1. The van der Waals surface area contributed by atoms with E-state index in [1.165, 1.54) is 4.90 Å². The normalized spacial score (nSPS) is 27.1. The lowest BCUT2D eigenvalue weighted by molar-refractivity contribution is -0.140. The first-order valence-electron chi connectivity index (χ1n) is 10.5. The Morgan fingerprint density at radius 2 is 1.90 bits per heavy atom. The largest absolute Gasteiger partial charge is 0.357 e. The molecule has 1 aliphatic heterocycles. The van der Waals surface area contributed by atoms with Crippen LogP contribution in [0.1, 0.15) is 43.8 Å². The van der Waals surface area contributed by atoms with Crippen molar-refractivity contribution in [3.05, 3.63) is 28.2 Å². The van der Waals surface area contributed by atoms with E-state index in [4.69, 9.17) is 0 Å². The fourth-order valence-corrected chi connectivity index (χ4v) is 5.46. The van der Waals surface area contributed by atoms with Gasteiger partial charge in [0.2, 0.25) is 11.8 Å². The zero-order valence-electron chi connectivity index (χ0n) is 17.6. The van der Waals surface area contributed by atoms with Crippen LogP contribution in [0.2, 0.25) is 0 Å². The smallest absolute Gasteiger partial charge is 0.233 e. The summed E-state index contributed by atoms with van der Waals surface area (Å²) in [6.45, 7) is 8.37. The number of aromatic nitrogens is 1. The van der Waals surface area contributed by atoms with Crippen LogP contribution in [-0.4, -0.2) is 47.3 Å². The Bertz CT molecular complexity index is 822. The van der Waals surface area contributed by atoms with Crippen LogP contribution >= 0.6 is 35.3 Å². The number of nitrogens with zero attached hydrogens (tertiary/aromatic N) is 3. The molecule has 0 spiro atoms. The number of amides is 2. The van der Waals surface area contributed by atoms with Crippen molar-refractivity contribution in [1.82, 2.24) is 20.5 Å². The first kappa shape index (κ1) is 23.2. The predicted octanol–water partition coefficient (Wildman–Crippen LogP) is 2.75. The number of hydrogen-bond acceptors (Lipinski definition) is 5. The van der Waals surface area contributed by atoms with Crippen molar-refractivity contribution < 1.29 is 9.59 Å². The predicted molar refractivity (Wildman–Crippen MR) is 129 cm³/mol. The summed E-state index contributed by atoms with van der Waals surface area (Å²) >= 11 is 1.66. The molecule has 2 N–H and O–H groups in total. The van der Waals surface area contributed by atoms with Gasteiger partial charge in [-0.05, 0) is 25.2 Å². The van der Waals surface area contributed by atoms with E-state index < -0.39 is 0 Å². The van der Waals surface area contributed by atoms with Crippen molar-refractivity contribution in [2.24, 2.45) is 28.7 Å². The number of allylic oxidation sites excluding steroid dienone is 2. The summed E-state index contributed by atoms with van der Waals surface area (Å²) in [6, 6.07) is 0. The standard InChI is InChI=1S/C21H29N5O2S.HI/c1-4-22-21(24-10-15-11-29-18(25-15)12(2)3)23-7-8-26-19(27)16-13-5-6-14(9-13)17(16)20(26)28;/h5-6,11-14,16-17H,4,7-10H2,1-3H3,(H2,22,23,24);1H. The first-order chi connectivity index (χ1) is 14.0. The Morgan fingerprint density at radius 3 is 2.47 bits per heavy atom. The summed E-state index contributed by atoms with van der Waals surface area (Å²) in [5.74, 6) is 1.36. The third-order valence-corrected chi connectivity index (χ3v) is 7.19. The van der Waals surface area contributed by atoms with Crippen molar-refractivity contribution in [1.29, 1.82) is 0 Å². The molecule has 1 aromatic heterocycles. The molecule has 164 valence electrons. The summed E-state index contributed by atoms with van der Waals surface area (Å²) in [6.07, 6.45) is 5.21. The third-order valence-electron chi connectivity index (χ3n) is 6.00. The van der Waals surface area contributed by atoms with Crippen LogP contribution in [0, 0.1) is 23.7 Å². The Balaban J connectivity index is 0.00000256. The minimum atomic E-state index is -0.126. The molecule has 7 nitrogen and oxygen atoms in total. The second-order valence-corrected chi connectivity index (χ2v) is 9.17. The van der Waals surface area contributed by atoms with Crippen LogP contribution in [0.5, 0.6) is 0 Å². The van der Waals surface area contributed by atoms with Gasteiger partial charge < -0.3 is 10.6 Å². The van der Waals surface area contributed by atoms with E-state index in [1.54, 1.807) is 11.3 Å². The van der Waals surface area contributed by atoms with Crippen molar-refractivity contribution in [2.45, 2.75) is 39.7 Å². The number of rotatable bonds is 7. The van der Waals surface area contributed by atoms with Gasteiger partial charge in [-0.3, -0.25) is 14.5 Å². The highest BCUT2D eigenvalue weighted by Gasteiger charge is 2.58. The molecule has 1 saturated carbocycles. The van der Waals surface area contributed by atoms with Crippen LogP contribution in [0.4, 0.5) is 0 Å². The molecule has 0 aromatic carbocycles. The molecule has 30 heavy (non-hydrogen) atoms. The maximum Gasteiger partial charge on any atom is 0.233 e. The minimum absolute atomic E-state index is 0. The minimum Gasteiger partial charge on any atom is -0.357 e. The highest BCUT2D eigenvalue weighted by Crippen LogP contribution is 2.52. The number of carbonyl (C=O) groups excluding carboxylic acids is 2. The molecule has 2 aliphatic carbocycles. The summed E-state index contributed by atoms with van der Waals surface area (Å²) in [5, 5.41) is 9.62. The quantitative estimate of drug-likeness (QED) is 0.182. The molecule has 1 saturated heterocycles. The van der Waals surface area contributed by atoms with Gasteiger partial charge in [-0.15, -0.1) is 35.3 Å². The molecular formula is C21H30IN5O2S. The fourth-order valence-electron chi connectivity index (χ4n) is 4.63. The van der Waals surface area contributed by atoms with E-state index in [0.29, 0.717) is 31.5 Å². The topological polar surface area (TPSA) is 86.7 Å². The molecule has 0 radical (unpaired) electrons. The summed E-state index contributed by atoms with van der Waals surface area (Å²) in [5.41, 5.74) is 0.955. The lowest BCUT2D eigenvalue weighted by Gasteiger charge is -2.18. The van der Waals surface area contributed by atoms with E-state index in [1.807, 2.05) is 12.3 Å². The van der Waals surface area contributed by atoms with Crippen molar-refractivity contribution >= 4 is 53.1 Å². The number of hydrogen-bond donors (Lipinski definition) is 2. The summed E-state index contributed by atoms with van der Waals surface area (Å²) < 4.78 is 0. The van der Waals surface area contributed by atoms with Crippen LogP contribution < -0.4 is 10.6 Å². The van der Waals surface area contributed by atoms with E-state index in [2.05, 4.69) is 46.6 Å². The van der Waals surface area contributed by atoms with Crippen molar-refractivity contribution in [3.8, 4) is 0 Å². The monoisotopic (exact) mass is 543 g/mol. The lowest BCUT2D eigenvalue weighted by atomic mass is 9.85. The van der Waals surface area contributed by atoms with E-state index in [0.717, 1.165) is 23.7 Å². The molecule has 2 amide bonds. The zero-order chi connectivity index (χ0) is 20.5. The highest BCUT2D eigenvalue weighted by atomic mass is 127. The van der Waals surface area contributed by atoms with Gasteiger partial charge in [0.05, 0.1) is 29.1 Å². The number of imide groups is 1. The molecule has 4 rings (SSSR count). The van der Waals surface area contributed by atoms with Crippen molar-refractivity contribution in [3.63, 3.8) is 0 Å². The molecule has 2 fully saturated rings. The fraction of sp³-hybridized carbons (Fsp3) is 0.619. The lowest BCUT2D eigenvalue weighted by Crippen LogP contribution is -2.43. The number of nitrogens with one attached hydrogen (secondary N) is 2. The van der Waals surface area contributed by atoms with Gasteiger partial charge >= 0.3 is 0 Å². The Morgan fingerprint density at radius 1 is 1.23 bits per heavy atom. The van der Waals surface area contributed by atoms with Crippen LogP contribution in [0.25, 0.3) is 0 Å². The van der Waals surface area contributed by atoms with Gasteiger partial charge in [0.15, 0.2) is 5.96 Å². The summed E-state index contributed by atoms with van der Waals surface area (Å²) in [7, 11) is 0. The maximum absolute atomic E-state index is 12.7. The molecular weight excluding hydrogens is 513 g/mol. The third kappa shape index (κ3) is 4.42. The average molecular weight is 543 g/mol. The molecule has 2 bridgehead atoms. The molecule has 3 aliphatic rings. The second kappa shape index (κ2) is 9.76. The molecule has 2 heterocycles. The number of likely N-dealkylation sites (tertiary alicyclic amines) is 1. The second-order valence-electron chi connectivity index (χ2n) is 8.28. The Labute approximate surface area is 198 Å². The number of aliphatic imine (C=N–C) groups is 1. The zero-order valence-corrected chi connectivity index (χ0v) is 20.8. The highest BCUT2D eigenvalue weighted by molar-refractivity contribution is 14.0. The van der Waals surface area contributed by atoms with E-state index in [9.17, 15) is 9.59 Å². The molecule has 1 aromatic rings. The van der Waals surface area contributed by atoms with Gasteiger partial charge in [-0.25, -0.2) is 9.98 Å². The Kier molecular flexibility index (Phi) is 7.54. The van der Waals surface area contributed by atoms with E-state index in [-0.39, 0.29) is 59.5 Å². The first-order valence-corrected chi connectivity index (χ1v) is 11.4.